The maximum Gasteiger partial charge on any atom is 0.338 e. The molecule has 2 rings (SSSR count). The van der Waals surface area contributed by atoms with E-state index in [0.717, 1.165) is 6.07 Å². The van der Waals surface area contributed by atoms with Gasteiger partial charge in [0.05, 0.1) is 23.3 Å². The molecule has 27 heavy (non-hydrogen) atoms. The Morgan fingerprint density at radius 3 is 2.56 bits per heavy atom. The van der Waals surface area contributed by atoms with E-state index in [9.17, 15) is 19.7 Å². The van der Waals surface area contributed by atoms with Gasteiger partial charge in [0, 0.05) is 17.5 Å². The first-order chi connectivity index (χ1) is 12.6. The van der Waals surface area contributed by atoms with E-state index >= 15 is 0 Å². The minimum Gasteiger partial charge on any atom is -0.490 e. The van der Waals surface area contributed by atoms with Gasteiger partial charge in [-0.15, -0.1) is 0 Å². The number of carbonyl (C=O) groups is 2. The lowest BCUT2D eigenvalue weighted by Gasteiger charge is -2.12. The maximum absolute atomic E-state index is 12.0. The van der Waals surface area contributed by atoms with Crippen molar-refractivity contribution in [2.24, 2.45) is 0 Å². The molecule has 0 aliphatic rings. The smallest absolute Gasteiger partial charge is 0.338 e. The topological polar surface area (TPSA) is 134 Å². The summed E-state index contributed by atoms with van der Waals surface area (Å²) in [5.74, 6) is -1.39. The number of nitrogens with zero attached hydrogens (tertiary/aromatic N) is 2. The molecule has 0 unspecified atom stereocenters. The fraction of sp³-hybridized carbons (Fsp3) is 0.353. The van der Waals surface area contributed by atoms with E-state index in [4.69, 9.17) is 14.0 Å². The van der Waals surface area contributed by atoms with Crippen LogP contribution < -0.4 is 10.1 Å². The number of benzene rings is 1. The molecular formula is C17H19N3O7. The van der Waals surface area contributed by atoms with Gasteiger partial charge in [0.1, 0.15) is 0 Å². The predicted molar refractivity (Wildman–Crippen MR) is 93.8 cm³/mol. The molecule has 0 spiro atoms. The number of hydrogen-bond donors (Lipinski definition) is 1. The molecule has 2 aromatic rings. The van der Waals surface area contributed by atoms with E-state index in [1.165, 1.54) is 19.2 Å². The van der Waals surface area contributed by atoms with Gasteiger partial charge in [0.2, 0.25) is 5.88 Å². The van der Waals surface area contributed by atoms with Gasteiger partial charge >= 0.3 is 11.7 Å². The van der Waals surface area contributed by atoms with Crippen LogP contribution in [0, 0.1) is 10.1 Å². The van der Waals surface area contributed by atoms with E-state index < -0.39 is 23.4 Å². The van der Waals surface area contributed by atoms with Gasteiger partial charge in [-0.05, 0) is 12.1 Å². The lowest BCUT2D eigenvalue weighted by molar-refractivity contribution is -0.385. The molecule has 0 fully saturated rings. The number of carbonyl (C=O) groups excluding carboxylic acids is 2. The molecule has 0 bridgehead atoms. The van der Waals surface area contributed by atoms with E-state index in [1.807, 2.05) is 20.8 Å². The van der Waals surface area contributed by atoms with Crippen LogP contribution in [0.3, 0.4) is 0 Å². The number of ether oxygens (including phenoxy) is 2. The second-order valence-electron chi connectivity index (χ2n) is 6.59. The van der Waals surface area contributed by atoms with Crippen molar-refractivity contribution in [2.75, 3.05) is 19.0 Å². The average molecular weight is 377 g/mol. The summed E-state index contributed by atoms with van der Waals surface area (Å²) in [6.45, 7) is 5.22. The Bertz CT molecular complexity index is 868. The van der Waals surface area contributed by atoms with Crippen LogP contribution >= 0.6 is 0 Å². The van der Waals surface area contributed by atoms with Gasteiger partial charge in [-0.2, -0.15) is 0 Å². The lowest BCUT2D eigenvalue weighted by atomic mass is 9.92. The molecule has 0 saturated heterocycles. The van der Waals surface area contributed by atoms with Gasteiger partial charge in [-0.3, -0.25) is 20.2 Å². The van der Waals surface area contributed by atoms with Gasteiger partial charge in [-0.1, -0.05) is 25.9 Å². The number of esters is 1. The average Bonchev–Trinajstić information content (AvgIpc) is 3.07. The Balaban J connectivity index is 1.97. The zero-order valence-corrected chi connectivity index (χ0v) is 15.3. The third kappa shape index (κ3) is 5.03. The highest BCUT2D eigenvalue weighted by atomic mass is 16.6. The minimum absolute atomic E-state index is 0.00858. The van der Waals surface area contributed by atoms with Crippen molar-refractivity contribution in [2.45, 2.75) is 26.2 Å². The monoisotopic (exact) mass is 377 g/mol. The highest BCUT2D eigenvalue weighted by Gasteiger charge is 2.21. The summed E-state index contributed by atoms with van der Waals surface area (Å²) in [6.07, 6.45) is 0. The summed E-state index contributed by atoms with van der Waals surface area (Å²) in [4.78, 5) is 34.2. The Hall–Kier alpha value is -3.43. The van der Waals surface area contributed by atoms with Gasteiger partial charge in [-0.25, -0.2) is 4.79 Å². The molecule has 0 saturated carbocycles. The standard InChI is InChI=1S/C17H19N3O7/c1-17(2,3)13-8-15(27-19-13)18-14(21)9-26-16(22)10-5-6-12(25-4)11(7-10)20(23)24/h5-8H,9H2,1-4H3,(H,18,21). The van der Waals surface area contributed by atoms with Crippen molar-refractivity contribution in [3.8, 4) is 5.75 Å². The van der Waals surface area contributed by atoms with Crippen LogP contribution in [-0.4, -0.2) is 35.7 Å². The third-order valence-corrected chi connectivity index (χ3v) is 3.49. The second kappa shape index (κ2) is 7.85. The summed E-state index contributed by atoms with van der Waals surface area (Å²) in [7, 11) is 1.28. The Kier molecular flexibility index (Phi) is 5.78. The zero-order chi connectivity index (χ0) is 20.2. The van der Waals surface area contributed by atoms with Crippen LogP contribution in [-0.2, 0) is 14.9 Å². The molecule has 0 atom stereocenters. The molecule has 10 heteroatoms. The second-order valence-corrected chi connectivity index (χ2v) is 6.59. The third-order valence-electron chi connectivity index (χ3n) is 3.49. The molecule has 0 aliphatic heterocycles. The maximum atomic E-state index is 12.0. The molecule has 1 amide bonds. The normalized spacial score (nSPS) is 11.0. The van der Waals surface area contributed by atoms with Crippen molar-refractivity contribution < 1.29 is 28.5 Å². The van der Waals surface area contributed by atoms with E-state index in [0.29, 0.717) is 5.69 Å². The van der Waals surface area contributed by atoms with Crippen molar-refractivity contribution in [1.29, 1.82) is 0 Å². The highest BCUT2D eigenvalue weighted by molar-refractivity contribution is 5.95. The molecule has 1 aromatic carbocycles. The molecule has 0 aliphatic carbocycles. The molecule has 144 valence electrons. The molecule has 10 nitrogen and oxygen atoms in total. The SMILES string of the molecule is COc1ccc(C(=O)OCC(=O)Nc2cc(C(C)(C)C)no2)cc1[N+](=O)[O-]. The summed E-state index contributed by atoms with van der Waals surface area (Å²) < 4.78 is 14.7. The van der Waals surface area contributed by atoms with Crippen molar-refractivity contribution in [3.63, 3.8) is 0 Å². The summed E-state index contributed by atoms with van der Waals surface area (Å²) in [5, 5.41) is 17.3. The first kappa shape index (κ1) is 19.9. The fourth-order valence-corrected chi connectivity index (χ4v) is 2.04. The molecule has 1 N–H and O–H groups in total. The van der Waals surface area contributed by atoms with Crippen LogP contribution in [0.2, 0.25) is 0 Å². The Morgan fingerprint density at radius 1 is 1.30 bits per heavy atom. The summed E-state index contributed by atoms with van der Waals surface area (Å²) in [5.41, 5.74) is -0.0553. The van der Waals surface area contributed by atoms with Crippen LogP contribution in [0.1, 0.15) is 36.8 Å². The quantitative estimate of drug-likeness (QED) is 0.461. The fourth-order valence-electron chi connectivity index (χ4n) is 2.04. The number of rotatable bonds is 6. The number of methoxy groups -OCH3 is 1. The van der Waals surface area contributed by atoms with E-state index in [-0.39, 0.29) is 28.3 Å². The van der Waals surface area contributed by atoms with Crippen LogP contribution in [0.4, 0.5) is 11.6 Å². The Labute approximate surface area is 154 Å². The Morgan fingerprint density at radius 2 is 2.00 bits per heavy atom. The zero-order valence-electron chi connectivity index (χ0n) is 15.3. The molecule has 1 aromatic heterocycles. The number of aromatic nitrogens is 1. The van der Waals surface area contributed by atoms with Crippen molar-refractivity contribution in [1.82, 2.24) is 5.16 Å². The van der Waals surface area contributed by atoms with Crippen LogP contribution in [0.5, 0.6) is 5.75 Å². The number of hydrogen-bond acceptors (Lipinski definition) is 8. The van der Waals surface area contributed by atoms with Crippen LogP contribution in [0.25, 0.3) is 0 Å². The number of nitro benzene ring substituents is 1. The van der Waals surface area contributed by atoms with Crippen molar-refractivity contribution >= 4 is 23.4 Å². The number of nitrogens with one attached hydrogen (secondary N) is 1. The van der Waals surface area contributed by atoms with Gasteiger partial charge in [0.25, 0.3) is 5.91 Å². The minimum atomic E-state index is -0.885. The first-order valence-electron chi connectivity index (χ1n) is 7.88. The summed E-state index contributed by atoms with van der Waals surface area (Å²) >= 11 is 0. The van der Waals surface area contributed by atoms with E-state index in [1.54, 1.807) is 6.07 Å². The van der Waals surface area contributed by atoms with Gasteiger partial charge < -0.3 is 14.0 Å². The number of anilines is 1. The van der Waals surface area contributed by atoms with E-state index in [2.05, 4.69) is 10.5 Å². The first-order valence-corrected chi connectivity index (χ1v) is 7.88. The van der Waals surface area contributed by atoms with Crippen molar-refractivity contribution in [3.05, 3.63) is 45.6 Å². The highest BCUT2D eigenvalue weighted by Crippen LogP contribution is 2.28. The summed E-state index contributed by atoms with van der Waals surface area (Å²) in [6, 6.07) is 5.17. The molecule has 0 radical (unpaired) electrons. The predicted octanol–water partition coefficient (Wildman–Crippen LogP) is 2.68. The number of nitro groups is 1. The molecule has 1 heterocycles. The number of amides is 1. The lowest BCUT2D eigenvalue weighted by Crippen LogP contribution is -2.20. The van der Waals surface area contributed by atoms with Crippen LogP contribution in [0.15, 0.2) is 28.8 Å². The van der Waals surface area contributed by atoms with Gasteiger partial charge in [0.15, 0.2) is 12.4 Å². The largest absolute Gasteiger partial charge is 0.490 e. The molecular weight excluding hydrogens is 358 g/mol.